The van der Waals surface area contributed by atoms with E-state index in [1.807, 2.05) is 0 Å². The zero-order valence-corrected chi connectivity index (χ0v) is 6.59. The molecule has 3 nitrogen and oxygen atoms in total. The van der Waals surface area contributed by atoms with Crippen molar-refractivity contribution >= 4 is 0 Å². The second kappa shape index (κ2) is 3.32. The maximum atomic E-state index is 5.42. The molecule has 10 heavy (non-hydrogen) atoms. The number of nitrogens with zero attached hydrogens (tertiary/aromatic N) is 1. The molecule has 0 saturated heterocycles. The van der Waals surface area contributed by atoms with Crippen molar-refractivity contribution in [3.8, 4) is 0 Å². The molecule has 3 heteroatoms. The van der Waals surface area contributed by atoms with Gasteiger partial charge in [0.2, 0.25) is 0 Å². The van der Waals surface area contributed by atoms with Crippen LogP contribution in [-0.2, 0) is 0 Å². The van der Waals surface area contributed by atoms with Crippen molar-refractivity contribution in [3.63, 3.8) is 0 Å². The van der Waals surface area contributed by atoms with E-state index in [1.54, 1.807) is 0 Å². The first kappa shape index (κ1) is 7.98. The minimum absolute atomic E-state index is 0.427. The first-order valence-corrected chi connectivity index (χ1v) is 3.98. The third-order valence-corrected chi connectivity index (χ3v) is 2.41. The summed E-state index contributed by atoms with van der Waals surface area (Å²) in [4.78, 5) is 0. The lowest BCUT2D eigenvalue weighted by Gasteiger charge is -2.29. The van der Waals surface area contributed by atoms with Gasteiger partial charge in [-0.05, 0) is 31.6 Å². The summed E-state index contributed by atoms with van der Waals surface area (Å²) < 4.78 is 0. The molecule has 0 bridgehead atoms. The molecule has 0 aromatic heterocycles. The van der Waals surface area contributed by atoms with Crippen LogP contribution in [0.5, 0.6) is 0 Å². The molecule has 0 atom stereocenters. The Kier molecular flexibility index (Phi) is 2.65. The van der Waals surface area contributed by atoms with Crippen LogP contribution in [0.4, 0.5) is 0 Å². The summed E-state index contributed by atoms with van der Waals surface area (Å²) in [7, 11) is 0. The van der Waals surface area contributed by atoms with E-state index in [0.29, 0.717) is 6.04 Å². The largest absolute Gasteiger partial charge is 0.255 e. The zero-order chi connectivity index (χ0) is 7.56. The van der Waals surface area contributed by atoms with Crippen LogP contribution in [-0.4, -0.2) is 11.2 Å². The van der Waals surface area contributed by atoms with Crippen molar-refractivity contribution in [2.75, 3.05) is 0 Å². The van der Waals surface area contributed by atoms with E-state index in [0.717, 1.165) is 18.8 Å². The molecule has 0 heterocycles. The number of hydrazine groups is 2. The highest BCUT2D eigenvalue weighted by atomic mass is 15.6. The van der Waals surface area contributed by atoms with Gasteiger partial charge in [0.25, 0.3) is 0 Å². The van der Waals surface area contributed by atoms with Crippen molar-refractivity contribution in [1.82, 2.24) is 5.12 Å². The minimum atomic E-state index is 0.427. The van der Waals surface area contributed by atoms with E-state index in [-0.39, 0.29) is 0 Å². The van der Waals surface area contributed by atoms with Crippen LogP contribution in [0.15, 0.2) is 0 Å². The van der Waals surface area contributed by atoms with Crippen LogP contribution in [0.3, 0.4) is 0 Å². The number of nitrogens with two attached hydrogens (primary N) is 2. The Balaban J connectivity index is 2.26. The molecule has 0 aliphatic heterocycles. The minimum Gasteiger partial charge on any atom is -0.255 e. The molecule has 1 aliphatic carbocycles. The van der Waals surface area contributed by atoms with Crippen LogP contribution in [0, 0.1) is 5.92 Å². The Bertz CT molecular complexity index is 95.0. The predicted molar refractivity (Wildman–Crippen MR) is 41.6 cm³/mol. The molecular formula is C7H17N3. The molecule has 1 aliphatic rings. The topological polar surface area (TPSA) is 55.3 Å². The molecular weight excluding hydrogens is 126 g/mol. The van der Waals surface area contributed by atoms with Gasteiger partial charge in [-0.2, -0.15) is 5.12 Å². The molecule has 1 fully saturated rings. The first-order valence-electron chi connectivity index (χ1n) is 3.98. The third-order valence-electron chi connectivity index (χ3n) is 2.41. The molecule has 4 N–H and O–H groups in total. The van der Waals surface area contributed by atoms with Crippen molar-refractivity contribution in [3.05, 3.63) is 0 Å². The lowest BCUT2D eigenvalue weighted by molar-refractivity contribution is 0.143. The van der Waals surface area contributed by atoms with Gasteiger partial charge in [0.05, 0.1) is 0 Å². The smallest absolute Gasteiger partial charge is 0.0395 e. The number of rotatable bonds is 1. The van der Waals surface area contributed by atoms with E-state index >= 15 is 0 Å². The highest BCUT2D eigenvalue weighted by Crippen LogP contribution is 2.24. The van der Waals surface area contributed by atoms with Gasteiger partial charge in [-0.15, -0.1) is 0 Å². The summed E-state index contributed by atoms with van der Waals surface area (Å²) in [6.07, 6.45) is 4.87. The zero-order valence-electron chi connectivity index (χ0n) is 6.59. The van der Waals surface area contributed by atoms with Crippen molar-refractivity contribution in [1.29, 1.82) is 0 Å². The number of hydrogen-bond donors (Lipinski definition) is 2. The molecule has 0 aromatic rings. The standard InChI is InChI=1S/C7H17N3/c1-6-2-4-7(5-3-6)10(8)9/h6-7H,2-5,8-9H2,1H3. The summed E-state index contributed by atoms with van der Waals surface area (Å²) in [6.45, 7) is 2.29. The Morgan fingerprint density at radius 1 is 1.10 bits per heavy atom. The van der Waals surface area contributed by atoms with E-state index in [9.17, 15) is 0 Å². The molecule has 0 radical (unpaired) electrons. The predicted octanol–water partition coefficient (Wildman–Crippen LogP) is 0.615. The average molecular weight is 143 g/mol. The Hall–Kier alpha value is -0.120. The molecule has 1 saturated carbocycles. The monoisotopic (exact) mass is 143 g/mol. The van der Waals surface area contributed by atoms with Gasteiger partial charge in [0, 0.05) is 6.04 Å². The van der Waals surface area contributed by atoms with E-state index in [2.05, 4.69) is 6.92 Å². The fourth-order valence-electron chi connectivity index (χ4n) is 1.54. The lowest BCUT2D eigenvalue weighted by atomic mass is 9.87. The summed E-state index contributed by atoms with van der Waals surface area (Å²) in [5, 5.41) is 1.37. The summed E-state index contributed by atoms with van der Waals surface area (Å²) in [5.74, 6) is 11.7. The van der Waals surface area contributed by atoms with Gasteiger partial charge < -0.3 is 0 Å². The average Bonchev–Trinajstić information content (AvgIpc) is 1.88. The van der Waals surface area contributed by atoms with Crippen LogP contribution in [0.25, 0.3) is 0 Å². The van der Waals surface area contributed by atoms with Gasteiger partial charge >= 0.3 is 0 Å². The molecule has 0 amide bonds. The second-order valence-electron chi connectivity index (χ2n) is 3.36. The Morgan fingerprint density at radius 3 is 2.00 bits per heavy atom. The van der Waals surface area contributed by atoms with Gasteiger partial charge in [-0.1, -0.05) is 6.92 Å². The van der Waals surface area contributed by atoms with E-state index in [4.69, 9.17) is 11.7 Å². The first-order chi connectivity index (χ1) is 4.70. The third kappa shape index (κ3) is 1.94. The lowest BCUT2D eigenvalue weighted by Crippen LogP contribution is -2.47. The van der Waals surface area contributed by atoms with Gasteiger partial charge in [-0.25, -0.2) is 0 Å². The summed E-state index contributed by atoms with van der Waals surface area (Å²) in [6, 6.07) is 0.427. The van der Waals surface area contributed by atoms with Crippen LogP contribution < -0.4 is 11.7 Å². The maximum absolute atomic E-state index is 5.42. The molecule has 0 spiro atoms. The number of hydrogen-bond acceptors (Lipinski definition) is 3. The highest BCUT2D eigenvalue weighted by molar-refractivity contribution is 4.72. The summed E-state index contributed by atoms with van der Waals surface area (Å²) in [5.41, 5.74) is 0. The Labute approximate surface area is 62.3 Å². The fraction of sp³-hybridized carbons (Fsp3) is 1.00. The SMILES string of the molecule is CC1CCC(N(N)N)CC1. The van der Waals surface area contributed by atoms with Crippen molar-refractivity contribution in [2.45, 2.75) is 38.6 Å². The molecule has 1 rings (SSSR count). The van der Waals surface area contributed by atoms with Crippen molar-refractivity contribution in [2.24, 2.45) is 17.6 Å². The second-order valence-corrected chi connectivity index (χ2v) is 3.36. The van der Waals surface area contributed by atoms with Crippen LogP contribution in [0.2, 0.25) is 0 Å². The van der Waals surface area contributed by atoms with Crippen LogP contribution in [0.1, 0.15) is 32.6 Å². The van der Waals surface area contributed by atoms with Gasteiger partial charge in [0.15, 0.2) is 0 Å². The Morgan fingerprint density at radius 2 is 1.60 bits per heavy atom. The van der Waals surface area contributed by atoms with E-state index in [1.165, 1.54) is 18.0 Å². The van der Waals surface area contributed by atoms with Gasteiger partial charge in [0.1, 0.15) is 0 Å². The molecule has 60 valence electrons. The molecule has 0 aromatic carbocycles. The maximum Gasteiger partial charge on any atom is 0.0395 e. The van der Waals surface area contributed by atoms with Crippen LogP contribution >= 0.6 is 0 Å². The summed E-state index contributed by atoms with van der Waals surface area (Å²) >= 11 is 0. The van der Waals surface area contributed by atoms with Crippen molar-refractivity contribution < 1.29 is 0 Å². The fourth-order valence-corrected chi connectivity index (χ4v) is 1.54. The molecule has 0 unspecified atom stereocenters. The highest BCUT2D eigenvalue weighted by Gasteiger charge is 2.19. The van der Waals surface area contributed by atoms with Gasteiger partial charge in [-0.3, -0.25) is 11.7 Å². The normalized spacial score (nSPS) is 34.8. The quantitative estimate of drug-likeness (QED) is 0.418. The van der Waals surface area contributed by atoms with E-state index < -0.39 is 0 Å².